The third kappa shape index (κ3) is 3.90. The zero-order valence-electron chi connectivity index (χ0n) is 15.2. The van der Waals surface area contributed by atoms with Crippen LogP contribution in [0.2, 0.25) is 0 Å². The summed E-state index contributed by atoms with van der Waals surface area (Å²) in [6.45, 7) is 4.34. The van der Waals surface area contributed by atoms with Gasteiger partial charge in [-0.15, -0.1) is 10.2 Å². The lowest BCUT2D eigenvalue weighted by Crippen LogP contribution is -2.30. The predicted octanol–water partition coefficient (Wildman–Crippen LogP) is 3.77. The molecule has 0 radical (unpaired) electrons. The van der Waals surface area contributed by atoms with E-state index >= 15 is 0 Å². The predicted molar refractivity (Wildman–Crippen MR) is 115 cm³/mol. The summed E-state index contributed by atoms with van der Waals surface area (Å²) in [6, 6.07) is 14.3. The van der Waals surface area contributed by atoms with Gasteiger partial charge in [0, 0.05) is 35.9 Å². The highest BCUT2D eigenvalue weighted by Gasteiger charge is 2.13. The van der Waals surface area contributed by atoms with E-state index in [-0.39, 0.29) is 6.04 Å². The smallest absolute Gasteiger partial charge is 0.206 e. The normalized spacial score (nSPS) is 12.0. The molecule has 0 aliphatic rings. The molecule has 0 unspecified atom stereocenters. The minimum atomic E-state index is 0.0891. The summed E-state index contributed by atoms with van der Waals surface area (Å²) in [5.74, 6) is 0. The van der Waals surface area contributed by atoms with Gasteiger partial charge in [-0.3, -0.25) is 4.98 Å². The Morgan fingerprint density at radius 3 is 2.75 bits per heavy atom. The Balaban J connectivity index is 1.55. The van der Waals surface area contributed by atoms with Crippen molar-refractivity contribution in [2.24, 2.45) is 5.73 Å². The Morgan fingerprint density at radius 2 is 1.96 bits per heavy atom. The van der Waals surface area contributed by atoms with Crippen molar-refractivity contribution >= 4 is 33.4 Å². The molecule has 3 heterocycles. The lowest BCUT2D eigenvalue weighted by molar-refractivity contribution is 0.721. The average Bonchev–Trinajstić information content (AvgIpc) is 3.21. The van der Waals surface area contributed by atoms with Crippen LogP contribution >= 0.6 is 11.3 Å². The largest absolute Gasteiger partial charge is 0.356 e. The van der Waals surface area contributed by atoms with Crippen molar-refractivity contribution in [1.29, 1.82) is 0 Å². The first-order valence-electron chi connectivity index (χ1n) is 8.98. The molecule has 3 N–H and O–H groups in total. The number of nitrogens with zero attached hydrogens (tertiary/aromatic N) is 4. The Labute approximate surface area is 167 Å². The van der Waals surface area contributed by atoms with Gasteiger partial charge in [0.05, 0.1) is 5.52 Å². The lowest BCUT2D eigenvalue weighted by atomic mass is 10.1. The highest BCUT2D eigenvalue weighted by atomic mass is 32.1. The Kier molecular flexibility index (Phi) is 5.36. The molecule has 4 rings (SSSR count). The fraction of sp³-hybridized carbons (Fsp3) is 0.143. The van der Waals surface area contributed by atoms with Crippen LogP contribution in [0.15, 0.2) is 61.4 Å². The average molecular weight is 389 g/mol. The molecule has 4 aromatic rings. The second-order valence-corrected chi connectivity index (χ2v) is 7.36. The second kappa shape index (κ2) is 8.24. The van der Waals surface area contributed by atoms with Gasteiger partial charge in [0.15, 0.2) is 5.01 Å². The number of fused-ring (bicyclic) bond motifs is 1. The van der Waals surface area contributed by atoms with Gasteiger partial charge in [-0.25, -0.2) is 4.98 Å². The number of pyridine rings is 2. The minimum Gasteiger partial charge on any atom is -0.356 e. The maximum absolute atomic E-state index is 5.95. The first-order valence-corrected chi connectivity index (χ1v) is 9.80. The molecule has 140 valence electrons. The Bertz CT molecular complexity index is 1090. The molecule has 0 amide bonds. The maximum atomic E-state index is 5.95. The number of nitrogens with two attached hydrogens (primary N) is 1. The van der Waals surface area contributed by atoms with E-state index in [9.17, 15) is 0 Å². The lowest BCUT2D eigenvalue weighted by Gasteiger charge is -2.15. The standard InChI is InChI=1S/C21H20N6S/c1-2-15-12-23-13-16-8-9-18(25-19(15)16)20-26-27-21(28-20)24-17(11-22)10-14-6-4-3-5-7-14/h2-9,12-13,17H,1,10-11,22H2,(H,24,27)/t17-/m1/s1. The van der Waals surface area contributed by atoms with Crippen LogP contribution in [0.3, 0.4) is 0 Å². The molecular weight excluding hydrogens is 368 g/mol. The summed E-state index contributed by atoms with van der Waals surface area (Å²) in [4.78, 5) is 8.95. The minimum absolute atomic E-state index is 0.0891. The summed E-state index contributed by atoms with van der Waals surface area (Å²) in [7, 11) is 0. The SMILES string of the molecule is C=Cc1cncc2ccc(-c3nnc(N[C@@H](CN)Cc4ccccc4)s3)nc12. The van der Waals surface area contributed by atoms with Crippen molar-refractivity contribution in [2.45, 2.75) is 12.5 Å². The molecule has 0 aliphatic carbocycles. The van der Waals surface area contributed by atoms with Gasteiger partial charge in [0.2, 0.25) is 5.13 Å². The first kappa shape index (κ1) is 18.2. The second-order valence-electron chi connectivity index (χ2n) is 6.38. The number of anilines is 1. The zero-order chi connectivity index (χ0) is 19.3. The molecule has 1 aromatic carbocycles. The van der Waals surface area contributed by atoms with E-state index in [1.54, 1.807) is 18.5 Å². The highest BCUT2D eigenvalue weighted by Crippen LogP contribution is 2.28. The highest BCUT2D eigenvalue weighted by molar-refractivity contribution is 7.18. The van der Waals surface area contributed by atoms with Crippen molar-refractivity contribution in [3.8, 4) is 10.7 Å². The van der Waals surface area contributed by atoms with Crippen LogP contribution in [-0.2, 0) is 6.42 Å². The van der Waals surface area contributed by atoms with E-state index in [1.807, 2.05) is 30.3 Å². The summed E-state index contributed by atoms with van der Waals surface area (Å²) in [5, 5.41) is 14.4. The van der Waals surface area contributed by atoms with Gasteiger partial charge in [-0.05, 0) is 24.1 Å². The third-order valence-electron chi connectivity index (χ3n) is 4.43. The van der Waals surface area contributed by atoms with E-state index in [2.05, 4.69) is 39.2 Å². The maximum Gasteiger partial charge on any atom is 0.206 e. The van der Waals surface area contributed by atoms with Crippen molar-refractivity contribution in [3.05, 3.63) is 72.6 Å². The van der Waals surface area contributed by atoms with Crippen LogP contribution in [0.4, 0.5) is 5.13 Å². The molecule has 0 spiro atoms. The van der Waals surface area contributed by atoms with E-state index in [4.69, 9.17) is 10.7 Å². The third-order valence-corrected chi connectivity index (χ3v) is 5.31. The van der Waals surface area contributed by atoms with E-state index in [1.165, 1.54) is 16.9 Å². The topological polar surface area (TPSA) is 89.6 Å². The fourth-order valence-electron chi connectivity index (χ4n) is 2.98. The molecule has 1 atom stereocenters. The summed E-state index contributed by atoms with van der Waals surface area (Å²) < 4.78 is 0. The molecule has 0 bridgehead atoms. The van der Waals surface area contributed by atoms with Gasteiger partial charge < -0.3 is 11.1 Å². The van der Waals surface area contributed by atoms with Gasteiger partial charge in [-0.2, -0.15) is 0 Å². The van der Waals surface area contributed by atoms with Crippen LogP contribution < -0.4 is 11.1 Å². The number of rotatable bonds is 7. The van der Waals surface area contributed by atoms with Crippen molar-refractivity contribution < 1.29 is 0 Å². The van der Waals surface area contributed by atoms with Crippen molar-refractivity contribution in [1.82, 2.24) is 20.2 Å². The summed E-state index contributed by atoms with van der Waals surface area (Å²) in [6.07, 6.45) is 6.14. The molecular formula is C21H20N6S. The molecule has 7 heteroatoms. The number of benzene rings is 1. The van der Waals surface area contributed by atoms with Gasteiger partial charge in [-0.1, -0.05) is 54.3 Å². The summed E-state index contributed by atoms with van der Waals surface area (Å²) >= 11 is 1.47. The molecule has 3 aromatic heterocycles. The van der Waals surface area contributed by atoms with Crippen molar-refractivity contribution in [3.63, 3.8) is 0 Å². The van der Waals surface area contributed by atoms with Crippen LogP contribution in [0.1, 0.15) is 11.1 Å². The number of nitrogens with one attached hydrogen (secondary N) is 1. The monoisotopic (exact) mass is 388 g/mol. The van der Waals surface area contributed by atoms with E-state index < -0.39 is 0 Å². The number of hydrogen-bond donors (Lipinski definition) is 2. The molecule has 0 fully saturated rings. The van der Waals surface area contributed by atoms with Crippen LogP contribution in [-0.4, -0.2) is 32.8 Å². The quantitative estimate of drug-likeness (QED) is 0.501. The molecule has 0 saturated carbocycles. The summed E-state index contributed by atoms with van der Waals surface area (Å²) in [5.41, 5.74) is 9.71. The number of aromatic nitrogens is 4. The van der Waals surface area contributed by atoms with Crippen LogP contribution in [0.5, 0.6) is 0 Å². The molecule has 28 heavy (non-hydrogen) atoms. The van der Waals surface area contributed by atoms with Gasteiger partial charge >= 0.3 is 0 Å². The molecule has 6 nitrogen and oxygen atoms in total. The first-order chi connectivity index (χ1) is 13.8. The Morgan fingerprint density at radius 1 is 1.11 bits per heavy atom. The molecule has 0 saturated heterocycles. The van der Waals surface area contributed by atoms with Crippen molar-refractivity contribution in [2.75, 3.05) is 11.9 Å². The van der Waals surface area contributed by atoms with Gasteiger partial charge in [0.1, 0.15) is 5.69 Å². The zero-order valence-corrected chi connectivity index (χ0v) is 16.1. The Hall–Kier alpha value is -3.16. The van der Waals surface area contributed by atoms with Crippen LogP contribution in [0, 0.1) is 0 Å². The van der Waals surface area contributed by atoms with E-state index in [0.717, 1.165) is 38.7 Å². The molecule has 0 aliphatic heterocycles. The van der Waals surface area contributed by atoms with Crippen LogP contribution in [0.25, 0.3) is 27.7 Å². The fourth-order valence-corrected chi connectivity index (χ4v) is 3.77. The van der Waals surface area contributed by atoms with Gasteiger partial charge in [0.25, 0.3) is 0 Å². The number of hydrogen-bond acceptors (Lipinski definition) is 7. The van der Waals surface area contributed by atoms with E-state index in [0.29, 0.717) is 6.54 Å².